The summed E-state index contributed by atoms with van der Waals surface area (Å²) in [4.78, 5) is 12.5. The van der Waals surface area contributed by atoms with E-state index in [1.54, 1.807) is 0 Å². The first-order valence-electron chi connectivity index (χ1n) is 5.86. The molecule has 1 saturated carbocycles. The lowest BCUT2D eigenvalue weighted by Crippen LogP contribution is -2.32. The van der Waals surface area contributed by atoms with Gasteiger partial charge in [0.25, 0.3) is 5.69 Å². The second-order valence-electron chi connectivity index (χ2n) is 4.88. The maximum absolute atomic E-state index is 13.3. The van der Waals surface area contributed by atoms with Crippen molar-refractivity contribution < 1.29 is 9.31 Å². The van der Waals surface area contributed by atoms with Crippen LogP contribution in [-0.4, -0.2) is 17.5 Å². The summed E-state index contributed by atoms with van der Waals surface area (Å²) in [6, 6.07) is 4.06. The van der Waals surface area contributed by atoms with Crippen molar-refractivity contribution in [3.63, 3.8) is 0 Å². The highest BCUT2D eigenvalue weighted by Crippen LogP contribution is 2.43. The van der Waals surface area contributed by atoms with E-state index in [-0.39, 0.29) is 5.69 Å². The normalized spacial score (nSPS) is 26.5. The van der Waals surface area contributed by atoms with Crippen LogP contribution in [0.15, 0.2) is 18.2 Å². The Morgan fingerprint density at radius 2 is 2.24 bits per heavy atom. The van der Waals surface area contributed by atoms with Gasteiger partial charge >= 0.3 is 0 Å². The average Bonchev–Trinajstić information content (AvgIpc) is 2.90. The van der Waals surface area contributed by atoms with Crippen LogP contribution in [0.1, 0.15) is 19.3 Å². The fourth-order valence-corrected chi connectivity index (χ4v) is 3.10. The number of halogens is 1. The third kappa shape index (κ3) is 1.66. The standard InChI is InChI=1S/C12H13FN2O2/c13-9-2-4-11(15(16)17)12(6-9)14-7-8-1-3-10(14)5-8/h2,4,6,8,10H,1,3,5,7H2. The molecular weight excluding hydrogens is 223 g/mol. The van der Waals surface area contributed by atoms with E-state index in [2.05, 4.69) is 0 Å². The minimum absolute atomic E-state index is 0.0129. The quantitative estimate of drug-likeness (QED) is 0.586. The zero-order chi connectivity index (χ0) is 12.0. The average molecular weight is 236 g/mol. The van der Waals surface area contributed by atoms with Crippen LogP contribution in [0.5, 0.6) is 0 Å². The Morgan fingerprint density at radius 1 is 1.41 bits per heavy atom. The van der Waals surface area contributed by atoms with E-state index in [9.17, 15) is 14.5 Å². The maximum atomic E-state index is 13.3. The number of hydrogen-bond donors (Lipinski definition) is 0. The lowest BCUT2D eigenvalue weighted by Gasteiger charge is -2.28. The molecule has 0 amide bonds. The number of nitrogens with zero attached hydrogens (tertiary/aromatic N) is 2. The summed E-state index contributed by atoms with van der Waals surface area (Å²) in [5.74, 6) is 0.219. The molecule has 1 heterocycles. The summed E-state index contributed by atoms with van der Waals surface area (Å²) < 4.78 is 13.3. The summed E-state index contributed by atoms with van der Waals surface area (Å²) in [5, 5.41) is 11.0. The van der Waals surface area contributed by atoms with E-state index in [4.69, 9.17) is 0 Å². The van der Waals surface area contributed by atoms with E-state index in [0.717, 1.165) is 25.5 Å². The van der Waals surface area contributed by atoms with Crippen LogP contribution < -0.4 is 4.90 Å². The van der Waals surface area contributed by atoms with Gasteiger partial charge in [0.2, 0.25) is 0 Å². The maximum Gasteiger partial charge on any atom is 0.292 e. The van der Waals surface area contributed by atoms with Crippen LogP contribution in [0, 0.1) is 21.8 Å². The van der Waals surface area contributed by atoms with Crippen molar-refractivity contribution in [3.05, 3.63) is 34.1 Å². The third-order valence-electron chi connectivity index (χ3n) is 3.85. The zero-order valence-electron chi connectivity index (χ0n) is 9.30. The molecule has 1 aliphatic carbocycles. The number of hydrogen-bond acceptors (Lipinski definition) is 3. The molecule has 5 heteroatoms. The Bertz CT molecular complexity index is 478. The summed E-state index contributed by atoms with van der Waals surface area (Å²) in [6.45, 7) is 0.828. The molecular formula is C12H13FN2O2. The monoisotopic (exact) mass is 236 g/mol. The molecule has 2 aliphatic rings. The minimum atomic E-state index is -0.430. The molecule has 0 N–H and O–H groups in total. The van der Waals surface area contributed by atoms with E-state index < -0.39 is 10.7 Å². The van der Waals surface area contributed by atoms with Gasteiger partial charge in [-0.05, 0) is 31.2 Å². The topological polar surface area (TPSA) is 46.4 Å². The SMILES string of the molecule is O=[N+]([O-])c1ccc(F)cc1N1CC2CCC1C2. The van der Waals surface area contributed by atoms with Crippen LogP contribution >= 0.6 is 0 Å². The summed E-state index contributed by atoms with van der Waals surface area (Å²) >= 11 is 0. The molecule has 1 aromatic carbocycles. The predicted octanol–water partition coefficient (Wildman–Crippen LogP) is 2.72. The van der Waals surface area contributed by atoms with Gasteiger partial charge in [0.15, 0.2) is 0 Å². The molecule has 1 aromatic rings. The van der Waals surface area contributed by atoms with Gasteiger partial charge in [-0.25, -0.2) is 4.39 Å². The van der Waals surface area contributed by atoms with Crippen molar-refractivity contribution in [3.8, 4) is 0 Å². The van der Waals surface area contributed by atoms with E-state index in [1.807, 2.05) is 4.90 Å². The van der Waals surface area contributed by atoms with Gasteiger partial charge in [0.05, 0.1) is 4.92 Å². The molecule has 17 heavy (non-hydrogen) atoms. The summed E-state index contributed by atoms with van der Waals surface area (Å²) in [5.41, 5.74) is 0.459. The second kappa shape index (κ2) is 3.68. The Kier molecular flexibility index (Phi) is 2.28. The van der Waals surface area contributed by atoms with Crippen molar-refractivity contribution in [1.82, 2.24) is 0 Å². The first-order chi connectivity index (χ1) is 8.15. The largest absolute Gasteiger partial charge is 0.363 e. The third-order valence-corrected chi connectivity index (χ3v) is 3.85. The predicted molar refractivity (Wildman–Crippen MR) is 61.5 cm³/mol. The van der Waals surface area contributed by atoms with Crippen molar-refractivity contribution in [2.75, 3.05) is 11.4 Å². The molecule has 0 radical (unpaired) electrons. The van der Waals surface area contributed by atoms with Gasteiger partial charge < -0.3 is 4.90 Å². The summed E-state index contributed by atoms with van der Waals surface area (Å²) in [7, 11) is 0. The van der Waals surface area contributed by atoms with E-state index in [1.165, 1.54) is 18.6 Å². The number of anilines is 1. The molecule has 2 atom stereocenters. The highest BCUT2D eigenvalue weighted by Gasteiger charge is 2.40. The first kappa shape index (κ1) is 10.5. The first-order valence-corrected chi connectivity index (χ1v) is 5.86. The minimum Gasteiger partial charge on any atom is -0.363 e. The summed E-state index contributed by atoms with van der Waals surface area (Å²) in [6.07, 6.45) is 3.36. The highest BCUT2D eigenvalue weighted by atomic mass is 19.1. The van der Waals surface area contributed by atoms with Gasteiger partial charge in [-0.2, -0.15) is 0 Å². The van der Waals surface area contributed by atoms with Crippen LogP contribution in [0.25, 0.3) is 0 Å². The fraction of sp³-hybridized carbons (Fsp3) is 0.500. The number of nitro groups is 1. The lowest BCUT2D eigenvalue weighted by molar-refractivity contribution is -0.384. The van der Waals surface area contributed by atoms with Gasteiger partial charge in [-0.1, -0.05) is 0 Å². The van der Waals surface area contributed by atoms with Crippen molar-refractivity contribution in [1.29, 1.82) is 0 Å². The van der Waals surface area contributed by atoms with Crippen molar-refractivity contribution in [2.45, 2.75) is 25.3 Å². The highest BCUT2D eigenvalue weighted by molar-refractivity contribution is 5.64. The Labute approximate surface area is 98.2 Å². The van der Waals surface area contributed by atoms with Crippen LogP contribution in [0.2, 0.25) is 0 Å². The molecule has 1 saturated heterocycles. The molecule has 4 nitrogen and oxygen atoms in total. The fourth-order valence-electron chi connectivity index (χ4n) is 3.10. The molecule has 0 spiro atoms. The molecule has 2 bridgehead atoms. The van der Waals surface area contributed by atoms with Gasteiger partial charge in [0.1, 0.15) is 11.5 Å². The molecule has 2 unspecified atom stereocenters. The number of fused-ring (bicyclic) bond motifs is 2. The number of nitro benzene ring substituents is 1. The van der Waals surface area contributed by atoms with Gasteiger partial charge in [0, 0.05) is 24.7 Å². The van der Waals surface area contributed by atoms with Crippen LogP contribution in [-0.2, 0) is 0 Å². The smallest absolute Gasteiger partial charge is 0.292 e. The lowest BCUT2D eigenvalue weighted by atomic mass is 10.1. The molecule has 3 rings (SSSR count). The number of benzene rings is 1. The zero-order valence-corrected chi connectivity index (χ0v) is 9.30. The molecule has 0 aromatic heterocycles. The van der Waals surface area contributed by atoms with Gasteiger partial charge in [-0.3, -0.25) is 10.1 Å². The molecule has 2 fully saturated rings. The second-order valence-corrected chi connectivity index (χ2v) is 4.88. The van der Waals surface area contributed by atoms with E-state index >= 15 is 0 Å². The van der Waals surface area contributed by atoms with Crippen LogP contribution in [0.3, 0.4) is 0 Å². The molecule has 1 aliphatic heterocycles. The van der Waals surface area contributed by atoms with Gasteiger partial charge in [-0.15, -0.1) is 0 Å². The van der Waals surface area contributed by atoms with Crippen LogP contribution in [0.4, 0.5) is 15.8 Å². The Hall–Kier alpha value is -1.65. The Balaban J connectivity index is 2.01. The van der Waals surface area contributed by atoms with Crippen molar-refractivity contribution >= 4 is 11.4 Å². The Morgan fingerprint density at radius 3 is 2.82 bits per heavy atom. The number of rotatable bonds is 2. The van der Waals surface area contributed by atoms with E-state index in [0.29, 0.717) is 17.6 Å². The number of piperidine rings is 1. The van der Waals surface area contributed by atoms with Crippen molar-refractivity contribution in [2.24, 2.45) is 5.92 Å². The molecule has 90 valence electrons.